The molecule has 94 valence electrons. The van der Waals surface area contributed by atoms with Gasteiger partial charge in [-0.15, -0.1) is 0 Å². The first kappa shape index (κ1) is 12.4. The third-order valence-corrected chi connectivity index (χ3v) is 3.41. The van der Waals surface area contributed by atoms with Crippen LogP contribution in [0.3, 0.4) is 0 Å². The lowest BCUT2D eigenvalue weighted by Gasteiger charge is -2.36. The first-order valence-electron chi connectivity index (χ1n) is 5.78. The molecule has 1 aromatic rings. The number of nitrogens with zero attached hydrogens (tertiary/aromatic N) is 4. The minimum absolute atomic E-state index is 0.0737. The number of aromatic nitrogens is 2. The van der Waals surface area contributed by atoms with E-state index in [1.165, 1.54) is 0 Å². The molecule has 0 aromatic carbocycles. The number of hydrogen-bond acceptors (Lipinski definition) is 4. The van der Waals surface area contributed by atoms with Gasteiger partial charge in [0.15, 0.2) is 0 Å². The van der Waals surface area contributed by atoms with Crippen molar-refractivity contribution < 1.29 is 4.79 Å². The predicted octanol–water partition coefficient (Wildman–Crippen LogP) is 0.454. The molecule has 5 nitrogen and oxygen atoms in total. The summed E-state index contributed by atoms with van der Waals surface area (Å²) >= 11 is 4.40. The lowest BCUT2D eigenvalue weighted by molar-refractivity contribution is 0.0631. The van der Waals surface area contributed by atoms with E-state index in [1.807, 2.05) is 11.9 Å². The number of amides is 1. The molecule has 0 aliphatic carbocycles. The fraction of sp³-hybridized carbons (Fsp3) is 0.636. The summed E-state index contributed by atoms with van der Waals surface area (Å²) in [6, 6.07) is 0. The van der Waals surface area contributed by atoms with Gasteiger partial charge in [-0.05, 0) is 6.92 Å². The molecule has 6 heteroatoms. The molecule has 0 radical (unpaired) electrons. The quantitative estimate of drug-likeness (QED) is 0.779. The smallest absolute Gasteiger partial charge is 0.257 e. The number of thiol groups is 1. The lowest BCUT2D eigenvalue weighted by Crippen LogP contribution is -2.50. The molecule has 0 saturated carbocycles. The van der Waals surface area contributed by atoms with Crippen molar-refractivity contribution in [3.05, 3.63) is 18.0 Å². The van der Waals surface area contributed by atoms with E-state index >= 15 is 0 Å². The third-order valence-electron chi connectivity index (χ3n) is 3.08. The Morgan fingerprint density at radius 3 is 2.53 bits per heavy atom. The van der Waals surface area contributed by atoms with Crippen LogP contribution in [0.5, 0.6) is 0 Å². The zero-order valence-corrected chi connectivity index (χ0v) is 11.1. The van der Waals surface area contributed by atoms with Gasteiger partial charge in [0.1, 0.15) is 0 Å². The fourth-order valence-corrected chi connectivity index (χ4v) is 2.24. The van der Waals surface area contributed by atoms with E-state index in [9.17, 15) is 4.79 Å². The molecular formula is C11H18N4OS. The Morgan fingerprint density at radius 1 is 1.41 bits per heavy atom. The van der Waals surface area contributed by atoms with Crippen LogP contribution in [0, 0.1) is 0 Å². The minimum Gasteiger partial charge on any atom is -0.336 e. The summed E-state index contributed by atoms with van der Waals surface area (Å²) in [6.45, 7) is 5.35. The predicted molar refractivity (Wildman–Crippen MR) is 69.1 cm³/mol. The van der Waals surface area contributed by atoms with Crippen molar-refractivity contribution in [2.45, 2.75) is 12.3 Å². The maximum Gasteiger partial charge on any atom is 0.257 e. The highest BCUT2D eigenvalue weighted by atomic mass is 32.1. The van der Waals surface area contributed by atoms with Crippen molar-refractivity contribution in [1.29, 1.82) is 0 Å². The van der Waals surface area contributed by atoms with Crippen molar-refractivity contribution in [1.82, 2.24) is 19.6 Å². The van der Waals surface area contributed by atoms with Crippen molar-refractivity contribution >= 4 is 18.5 Å². The summed E-state index contributed by atoms with van der Waals surface area (Å²) < 4.78 is 1.65. The molecule has 1 fully saturated rings. The fourth-order valence-electron chi connectivity index (χ4n) is 2.01. The largest absolute Gasteiger partial charge is 0.336 e. The number of rotatable bonds is 2. The molecule has 1 aromatic heterocycles. The zero-order valence-electron chi connectivity index (χ0n) is 10.2. The van der Waals surface area contributed by atoms with E-state index in [4.69, 9.17) is 0 Å². The SMILES string of the molecule is CC(S)N1CCN(C(=O)c2cnn(C)c2)CC1. The van der Waals surface area contributed by atoms with Crippen molar-refractivity contribution in [3.63, 3.8) is 0 Å². The Balaban J connectivity index is 1.95. The van der Waals surface area contributed by atoms with Crippen molar-refractivity contribution in [2.24, 2.45) is 7.05 Å². The molecule has 1 aliphatic rings. The van der Waals surface area contributed by atoms with Crippen molar-refractivity contribution in [2.75, 3.05) is 26.2 Å². The van der Waals surface area contributed by atoms with Crippen LogP contribution < -0.4 is 0 Å². The topological polar surface area (TPSA) is 41.4 Å². The standard InChI is InChI=1S/C11H18N4OS/c1-9(17)14-3-5-15(6-4-14)11(16)10-7-12-13(2)8-10/h7-9,17H,3-6H2,1-2H3. The number of hydrogen-bond donors (Lipinski definition) is 1. The van der Waals surface area contributed by atoms with Crippen LogP contribution in [0.2, 0.25) is 0 Å². The van der Waals surface area contributed by atoms with Crippen LogP contribution in [0.1, 0.15) is 17.3 Å². The molecule has 0 N–H and O–H groups in total. The maximum atomic E-state index is 12.1. The Bertz CT molecular complexity index is 396. The number of piperazine rings is 1. The molecule has 1 aliphatic heterocycles. The third kappa shape index (κ3) is 2.81. The summed E-state index contributed by atoms with van der Waals surface area (Å²) in [7, 11) is 1.82. The van der Waals surface area contributed by atoms with Crippen LogP contribution in [0.25, 0.3) is 0 Å². The van der Waals surface area contributed by atoms with Crippen LogP contribution in [0.4, 0.5) is 0 Å². The summed E-state index contributed by atoms with van der Waals surface area (Å²) in [5.41, 5.74) is 0.667. The van der Waals surface area contributed by atoms with Gasteiger partial charge >= 0.3 is 0 Å². The summed E-state index contributed by atoms with van der Waals surface area (Å²) in [4.78, 5) is 16.3. The van der Waals surface area contributed by atoms with Gasteiger partial charge in [0.2, 0.25) is 0 Å². The summed E-state index contributed by atoms with van der Waals surface area (Å²) in [5.74, 6) is 0.0737. The second-order valence-electron chi connectivity index (χ2n) is 4.36. The van der Waals surface area contributed by atoms with Gasteiger partial charge in [-0.3, -0.25) is 14.4 Å². The summed E-state index contributed by atoms with van der Waals surface area (Å²) in [6.07, 6.45) is 3.38. The molecule has 1 atom stereocenters. The van der Waals surface area contributed by atoms with Crippen LogP contribution in [0.15, 0.2) is 12.4 Å². The number of carbonyl (C=O) groups excluding carboxylic acids is 1. The molecule has 1 amide bonds. The number of carbonyl (C=O) groups is 1. The van der Waals surface area contributed by atoms with E-state index in [0.29, 0.717) is 5.56 Å². The molecule has 1 saturated heterocycles. The minimum atomic E-state index is 0.0737. The zero-order chi connectivity index (χ0) is 12.4. The molecule has 17 heavy (non-hydrogen) atoms. The molecular weight excluding hydrogens is 236 g/mol. The average molecular weight is 254 g/mol. The van der Waals surface area contributed by atoms with Crippen LogP contribution >= 0.6 is 12.6 Å². The highest BCUT2D eigenvalue weighted by Crippen LogP contribution is 2.11. The van der Waals surface area contributed by atoms with Crippen LogP contribution in [-0.4, -0.2) is 57.0 Å². The van der Waals surface area contributed by atoms with Crippen LogP contribution in [-0.2, 0) is 7.05 Å². The normalized spacial score (nSPS) is 19.4. The monoisotopic (exact) mass is 254 g/mol. The lowest BCUT2D eigenvalue weighted by atomic mass is 10.2. The molecule has 0 bridgehead atoms. The van der Waals surface area contributed by atoms with E-state index < -0.39 is 0 Å². The molecule has 2 heterocycles. The van der Waals surface area contributed by atoms with Gasteiger partial charge in [0, 0.05) is 39.4 Å². The van der Waals surface area contributed by atoms with E-state index in [2.05, 4.69) is 29.6 Å². The second-order valence-corrected chi connectivity index (χ2v) is 5.11. The van der Waals surface area contributed by atoms with Crippen molar-refractivity contribution in [3.8, 4) is 0 Å². The van der Waals surface area contributed by atoms with Gasteiger partial charge < -0.3 is 4.90 Å². The highest BCUT2D eigenvalue weighted by molar-refractivity contribution is 7.80. The Kier molecular flexibility index (Phi) is 3.73. The Labute approximate surface area is 107 Å². The van der Waals surface area contributed by atoms with Gasteiger partial charge in [-0.2, -0.15) is 17.7 Å². The highest BCUT2D eigenvalue weighted by Gasteiger charge is 2.24. The van der Waals surface area contributed by atoms with Gasteiger partial charge in [-0.1, -0.05) is 0 Å². The second kappa shape index (κ2) is 5.10. The first-order chi connectivity index (χ1) is 8.08. The van der Waals surface area contributed by atoms with Gasteiger partial charge in [0.25, 0.3) is 5.91 Å². The first-order valence-corrected chi connectivity index (χ1v) is 6.29. The van der Waals surface area contributed by atoms with Gasteiger partial charge in [-0.25, -0.2) is 0 Å². The van der Waals surface area contributed by atoms with E-state index in [1.54, 1.807) is 17.1 Å². The Hall–Kier alpha value is -1.01. The number of aryl methyl sites for hydroxylation is 1. The summed E-state index contributed by atoms with van der Waals surface area (Å²) in [5, 5.41) is 4.28. The van der Waals surface area contributed by atoms with E-state index in [-0.39, 0.29) is 11.3 Å². The average Bonchev–Trinajstić information content (AvgIpc) is 2.75. The molecule has 1 unspecified atom stereocenters. The van der Waals surface area contributed by atoms with Gasteiger partial charge in [0.05, 0.1) is 17.1 Å². The molecule has 2 rings (SSSR count). The maximum absolute atomic E-state index is 12.1. The van der Waals surface area contributed by atoms with E-state index in [0.717, 1.165) is 26.2 Å². The Morgan fingerprint density at radius 2 is 2.06 bits per heavy atom. The molecule has 0 spiro atoms.